The fraction of sp³-hybridized carbons (Fsp3) is 0.333. The fourth-order valence-corrected chi connectivity index (χ4v) is 11.0. The van der Waals surface area contributed by atoms with Gasteiger partial charge < -0.3 is 49.6 Å². The maximum Gasteiger partial charge on any atom is 0.149 e. The highest BCUT2D eigenvalue weighted by molar-refractivity contribution is 7.13. The Morgan fingerprint density at radius 1 is 0.562 bits per heavy atom. The summed E-state index contributed by atoms with van der Waals surface area (Å²) < 4.78 is 50.7. The van der Waals surface area contributed by atoms with Gasteiger partial charge in [0.2, 0.25) is 0 Å². The summed E-state index contributed by atoms with van der Waals surface area (Å²) in [5, 5.41) is 10.9. The zero-order valence-corrected chi connectivity index (χ0v) is 43.2. The molecule has 0 bridgehead atoms. The van der Waals surface area contributed by atoms with Crippen molar-refractivity contribution in [2.24, 2.45) is 0 Å². The van der Waals surface area contributed by atoms with Crippen LogP contribution in [0.25, 0.3) is 43.2 Å². The van der Waals surface area contributed by atoms with Crippen LogP contribution in [0.3, 0.4) is 0 Å². The molecule has 14 nitrogen and oxygen atoms in total. The summed E-state index contributed by atoms with van der Waals surface area (Å²) in [6.45, 7) is 17.0. The van der Waals surface area contributed by atoms with Crippen molar-refractivity contribution in [3.05, 3.63) is 124 Å². The van der Waals surface area contributed by atoms with Crippen LogP contribution >= 0.6 is 34.3 Å². The number of anilines is 7. The molecule has 19 heteroatoms. The molecule has 8 aromatic rings. The average molecular weight is 1050 g/mol. The zero-order valence-electron chi connectivity index (χ0n) is 40.8. The molecule has 3 N–H and O–H groups in total. The van der Waals surface area contributed by atoms with Crippen molar-refractivity contribution in [2.75, 3.05) is 136 Å². The molecule has 4 fully saturated rings. The van der Waals surface area contributed by atoms with E-state index in [1.54, 1.807) is 30.6 Å². The molecule has 4 saturated heterocycles. The number of nitrogen functional groups attached to an aromatic ring is 1. The van der Waals surface area contributed by atoms with E-state index in [2.05, 4.69) is 76.3 Å². The van der Waals surface area contributed by atoms with Gasteiger partial charge in [0, 0.05) is 103 Å². The van der Waals surface area contributed by atoms with E-state index >= 15 is 0 Å². The number of ether oxygens (including phenoxy) is 4. The number of fused-ring (bicyclic) bond motifs is 2. The Morgan fingerprint density at radius 2 is 1.01 bits per heavy atom. The Bertz CT molecular complexity index is 3150. The molecule has 4 aliphatic heterocycles. The molecule has 0 unspecified atom stereocenters. The minimum absolute atomic E-state index is 0.290. The Labute approximate surface area is 436 Å². The van der Waals surface area contributed by atoms with E-state index in [1.807, 2.05) is 30.7 Å². The van der Waals surface area contributed by atoms with Crippen LogP contribution in [-0.2, 0) is 18.9 Å². The topological polar surface area (TPSA) is 139 Å². The molecule has 8 heterocycles. The molecule has 380 valence electrons. The molecular weight excluding hydrogens is 990 g/mol. The van der Waals surface area contributed by atoms with Crippen LogP contribution in [0.5, 0.6) is 0 Å². The second kappa shape index (κ2) is 23.3. The summed E-state index contributed by atoms with van der Waals surface area (Å²) in [6.07, 6.45) is 3.45. The van der Waals surface area contributed by atoms with Gasteiger partial charge in [-0.05, 0) is 67.9 Å². The van der Waals surface area contributed by atoms with Crippen LogP contribution in [0.2, 0.25) is 5.02 Å². The lowest BCUT2D eigenvalue weighted by atomic mass is 10.1. The molecule has 73 heavy (non-hydrogen) atoms. The van der Waals surface area contributed by atoms with Crippen molar-refractivity contribution in [1.29, 1.82) is 0 Å². The van der Waals surface area contributed by atoms with Gasteiger partial charge in [-0.25, -0.2) is 28.7 Å². The lowest BCUT2D eigenvalue weighted by molar-refractivity contribution is 0.122. The van der Waals surface area contributed by atoms with Crippen molar-refractivity contribution < 1.29 is 27.7 Å². The average Bonchev–Trinajstić information content (AvgIpc) is 4.19. The highest BCUT2D eigenvalue weighted by Gasteiger charge is 2.23. The summed E-state index contributed by atoms with van der Waals surface area (Å²) >= 11 is 9.25. The van der Waals surface area contributed by atoms with Crippen molar-refractivity contribution in [2.45, 2.75) is 13.8 Å². The number of rotatable bonds is 8. The number of nitrogens with one attached hydrogen (secondary N) is 1. The first-order valence-corrected chi connectivity index (χ1v) is 26.6. The summed E-state index contributed by atoms with van der Waals surface area (Å²) in [7, 11) is 0. The van der Waals surface area contributed by atoms with E-state index in [0.29, 0.717) is 46.0 Å². The molecule has 4 aromatic carbocycles. The highest BCUT2D eigenvalue weighted by atomic mass is 35.5. The van der Waals surface area contributed by atoms with Gasteiger partial charge in [-0.2, -0.15) is 0 Å². The maximum absolute atomic E-state index is 15.0. The molecule has 4 aliphatic rings. The molecular formula is C54H57ClF2N10O4S2. The Morgan fingerprint density at radius 3 is 1.52 bits per heavy atom. The number of hydrogen-bond donors (Lipinski definition) is 2. The molecule has 0 atom stereocenters. The third-order valence-corrected chi connectivity index (χ3v) is 15.4. The second-order valence-electron chi connectivity index (χ2n) is 17.8. The monoisotopic (exact) mass is 1050 g/mol. The smallest absolute Gasteiger partial charge is 0.149 e. The highest BCUT2D eigenvalue weighted by Crippen LogP contribution is 2.41. The largest absolute Gasteiger partial charge is 0.397 e. The van der Waals surface area contributed by atoms with E-state index in [0.717, 1.165) is 153 Å². The van der Waals surface area contributed by atoms with Gasteiger partial charge >= 0.3 is 0 Å². The number of halogens is 3. The van der Waals surface area contributed by atoms with Crippen LogP contribution in [0, 0.1) is 25.5 Å². The Hall–Kier alpha value is -6.25. The number of morpholine rings is 4. The quantitative estimate of drug-likeness (QED) is 0.140. The summed E-state index contributed by atoms with van der Waals surface area (Å²) in [4.78, 5) is 27.0. The van der Waals surface area contributed by atoms with E-state index in [-0.39, 0.29) is 11.6 Å². The number of benzene rings is 4. The van der Waals surface area contributed by atoms with E-state index < -0.39 is 0 Å². The summed E-state index contributed by atoms with van der Waals surface area (Å²) in [5.74, 6) is -0.712. The number of hydrogen-bond acceptors (Lipinski definition) is 16. The standard InChI is InChI=1S/C27H28FN5O2S.C14H21N3O2.C13H8ClFN2S/c1-18-24(20-3-2-4-21(28)26(20)31-25(18)27-29-7-16-36-27)30-22-17-19(32-8-12-34-13-9-32)5-6-23(22)33-10-14-35-15-11-33;15-13-11-12(16-3-7-18-8-4-16)1-2-14(13)17-5-9-19-10-6-17;1-7-10(14)8-3-2-4-9(15)12(8)17-11(7)13-16-5-6-18-13/h2-7,16-17H,8-15H2,1H3,(H,30,31);1-2,11H,3-10,15H2;2-6H,1H3. The zero-order chi connectivity index (χ0) is 50.3. The first-order chi connectivity index (χ1) is 35.7. The van der Waals surface area contributed by atoms with Crippen LogP contribution in [0.1, 0.15) is 11.1 Å². The molecule has 0 radical (unpaired) electrons. The lowest BCUT2D eigenvalue weighted by Gasteiger charge is -2.33. The van der Waals surface area contributed by atoms with Gasteiger partial charge in [0.1, 0.15) is 44.1 Å². The predicted octanol–water partition coefficient (Wildman–Crippen LogP) is 10.6. The third-order valence-electron chi connectivity index (χ3n) is 13.3. The van der Waals surface area contributed by atoms with E-state index in [1.165, 1.54) is 40.5 Å². The minimum Gasteiger partial charge on any atom is -0.397 e. The Balaban J connectivity index is 0.000000139. The number of aromatic nitrogens is 4. The molecule has 0 aliphatic carbocycles. The van der Waals surface area contributed by atoms with Crippen LogP contribution in [0.4, 0.5) is 48.6 Å². The number of thiazole rings is 2. The van der Waals surface area contributed by atoms with Crippen molar-refractivity contribution >= 4 is 95.9 Å². The van der Waals surface area contributed by atoms with E-state index in [4.69, 9.17) is 41.3 Å². The maximum atomic E-state index is 15.0. The summed E-state index contributed by atoms with van der Waals surface area (Å²) in [6, 6.07) is 22.8. The predicted molar refractivity (Wildman–Crippen MR) is 293 cm³/mol. The van der Waals surface area contributed by atoms with Gasteiger partial charge in [-0.3, -0.25) is 0 Å². The van der Waals surface area contributed by atoms with Crippen LogP contribution in [-0.4, -0.2) is 125 Å². The van der Waals surface area contributed by atoms with Crippen LogP contribution in [0.15, 0.2) is 96.0 Å². The molecule has 0 amide bonds. The van der Waals surface area contributed by atoms with Gasteiger partial charge in [0.25, 0.3) is 0 Å². The normalized spacial score (nSPS) is 16.2. The van der Waals surface area contributed by atoms with Gasteiger partial charge in [0.15, 0.2) is 0 Å². The van der Waals surface area contributed by atoms with Crippen molar-refractivity contribution in [3.8, 4) is 21.4 Å². The molecule has 0 saturated carbocycles. The van der Waals surface area contributed by atoms with Crippen molar-refractivity contribution in [3.63, 3.8) is 0 Å². The molecule has 12 rings (SSSR count). The third kappa shape index (κ3) is 11.3. The first-order valence-electron chi connectivity index (χ1n) is 24.5. The number of nitrogens with zero attached hydrogens (tertiary/aromatic N) is 8. The van der Waals surface area contributed by atoms with Gasteiger partial charge in [-0.15, -0.1) is 22.7 Å². The van der Waals surface area contributed by atoms with Gasteiger partial charge in [0.05, 0.1) is 86.3 Å². The SMILES string of the molecule is Cc1c(-c2nccs2)nc2c(F)cccc2c1Cl.Cc1c(-c2nccs2)nc2c(F)cccc2c1Nc1cc(N2CCOCC2)ccc1N1CCOCC1.Nc1cc(N2CCOCC2)ccc1N1CCOCC1. The Kier molecular flexibility index (Phi) is 16.1. The lowest BCUT2D eigenvalue weighted by Crippen LogP contribution is -2.37. The minimum atomic E-state index is -0.368. The van der Waals surface area contributed by atoms with E-state index in [9.17, 15) is 8.78 Å². The second-order valence-corrected chi connectivity index (χ2v) is 19.9. The fourth-order valence-electron chi connectivity index (χ4n) is 9.42. The first kappa shape index (κ1) is 50.3. The molecule has 0 spiro atoms. The molecule has 4 aromatic heterocycles. The number of nitrogens with two attached hydrogens (primary N) is 1. The number of pyridine rings is 2. The van der Waals surface area contributed by atoms with Crippen LogP contribution < -0.4 is 30.7 Å². The van der Waals surface area contributed by atoms with Gasteiger partial charge in [-0.1, -0.05) is 35.9 Å². The number of para-hydroxylation sites is 2. The van der Waals surface area contributed by atoms with Crippen molar-refractivity contribution in [1.82, 2.24) is 19.9 Å². The summed E-state index contributed by atoms with van der Waals surface area (Å²) in [5.41, 5.74) is 17.2.